The molecular formula is C17H15BrN4O3S. The molecule has 2 heterocycles. The predicted octanol–water partition coefficient (Wildman–Crippen LogP) is 2.67. The second-order valence-electron chi connectivity index (χ2n) is 5.59. The van der Waals surface area contributed by atoms with E-state index >= 15 is 0 Å². The molecule has 3 rings (SSSR count). The van der Waals surface area contributed by atoms with Gasteiger partial charge in [0.15, 0.2) is 5.82 Å². The van der Waals surface area contributed by atoms with Gasteiger partial charge in [-0.25, -0.2) is 18.1 Å². The molecule has 26 heavy (non-hydrogen) atoms. The molecule has 0 fully saturated rings. The Morgan fingerprint density at radius 2 is 1.92 bits per heavy atom. The molecule has 0 aliphatic heterocycles. The fourth-order valence-electron chi connectivity index (χ4n) is 2.43. The number of carbonyl (C=O) groups excluding carboxylic acids is 1. The van der Waals surface area contributed by atoms with E-state index in [4.69, 9.17) is 0 Å². The molecule has 0 spiro atoms. The lowest BCUT2D eigenvalue weighted by atomic mass is 10.2. The number of imidazole rings is 1. The first-order valence-corrected chi connectivity index (χ1v) is 9.84. The molecule has 0 atom stereocenters. The van der Waals surface area contributed by atoms with Crippen LogP contribution in [-0.2, 0) is 17.1 Å². The van der Waals surface area contributed by atoms with Crippen molar-refractivity contribution in [1.82, 2.24) is 19.3 Å². The van der Waals surface area contributed by atoms with Crippen molar-refractivity contribution in [2.75, 3.05) is 0 Å². The summed E-state index contributed by atoms with van der Waals surface area (Å²) in [6.07, 6.45) is 3.07. The van der Waals surface area contributed by atoms with Crippen molar-refractivity contribution in [2.45, 2.75) is 11.8 Å². The van der Waals surface area contributed by atoms with Crippen LogP contribution in [0.15, 0.2) is 58.2 Å². The van der Waals surface area contributed by atoms with Gasteiger partial charge >= 0.3 is 0 Å². The monoisotopic (exact) mass is 434 g/mol. The van der Waals surface area contributed by atoms with Gasteiger partial charge in [-0.15, -0.1) is 0 Å². The topological polar surface area (TPSA) is 94.0 Å². The average Bonchev–Trinajstić information content (AvgIpc) is 2.97. The van der Waals surface area contributed by atoms with E-state index in [9.17, 15) is 13.2 Å². The van der Waals surface area contributed by atoms with Crippen LogP contribution in [0.2, 0.25) is 0 Å². The first kappa shape index (κ1) is 18.3. The SMILES string of the molecule is Cc1ccccc1S(=O)(=O)NC(=O)c1cn(C)c(-c2ncccc2Br)n1. The summed E-state index contributed by atoms with van der Waals surface area (Å²) in [5.74, 6) is -0.363. The second-order valence-corrected chi connectivity index (χ2v) is 8.10. The number of amides is 1. The minimum Gasteiger partial charge on any atom is -0.332 e. The third-order valence-corrected chi connectivity index (χ3v) is 5.82. The molecule has 9 heteroatoms. The standard InChI is InChI=1S/C17H15BrN4O3S/c1-11-6-3-4-8-14(11)26(24,25)21-17(23)13-10-22(2)16(20-13)15-12(18)7-5-9-19-15/h3-10H,1-2H3,(H,21,23). The lowest BCUT2D eigenvalue weighted by molar-refractivity contribution is 0.0977. The predicted molar refractivity (Wildman–Crippen MR) is 100.0 cm³/mol. The van der Waals surface area contributed by atoms with Gasteiger partial charge in [-0.05, 0) is 46.6 Å². The molecule has 3 aromatic rings. The number of benzene rings is 1. The van der Waals surface area contributed by atoms with E-state index in [1.807, 2.05) is 0 Å². The van der Waals surface area contributed by atoms with E-state index in [1.165, 1.54) is 12.3 Å². The highest BCUT2D eigenvalue weighted by molar-refractivity contribution is 9.10. The number of hydrogen-bond donors (Lipinski definition) is 1. The van der Waals surface area contributed by atoms with Crippen molar-refractivity contribution in [3.63, 3.8) is 0 Å². The number of halogens is 1. The largest absolute Gasteiger partial charge is 0.332 e. The van der Waals surface area contributed by atoms with Crippen molar-refractivity contribution in [3.05, 3.63) is 64.5 Å². The van der Waals surface area contributed by atoms with Crippen LogP contribution in [-0.4, -0.2) is 28.9 Å². The van der Waals surface area contributed by atoms with E-state index in [0.29, 0.717) is 21.6 Å². The van der Waals surface area contributed by atoms with Crippen LogP contribution in [0, 0.1) is 6.92 Å². The molecular weight excluding hydrogens is 420 g/mol. The fraction of sp³-hybridized carbons (Fsp3) is 0.118. The third-order valence-electron chi connectivity index (χ3n) is 3.69. The molecule has 0 bridgehead atoms. The minimum atomic E-state index is -3.99. The molecule has 134 valence electrons. The third kappa shape index (κ3) is 3.54. The average molecular weight is 435 g/mol. The number of nitrogens with zero attached hydrogens (tertiary/aromatic N) is 3. The van der Waals surface area contributed by atoms with Crippen molar-refractivity contribution < 1.29 is 13.2 Å². The Balaban J connectivity index is 1.91. The van der Waals surface area contributed by atoms with Crippen molar-refractivity contribution in [1.29, 1.82) is 0 Å². The van der Waals surface area contributed by atoms with Gasteiger partial charge in [0.2, 0.25) is 0 Å². The summed E-state index contributed by atoms with van der Waals surface area (Å²) in [6.45, 7) is 1.66. The number of rotatable bonds is 4. The van der Waals surface area contributed by atoms with E-state index in [2.05, 4.69) is 30.6 Å². The van der Waals surface area contributed by atoms with Crippen LogP contribution < -0.4 is 4.72 Å². The minimum absolute atomic E-state index is 0.0165. The fourth-order valence-corrected chi connectivity index (χ4v) is 4.07. The molecule has 1 aromatic carbocycles. The zero-order chi connectivity index (χ0) is 18.9. The van der Waals surface area contributed by atoms with Crippen LogP contribution in [0.4, 0.5) is 0 Å². The highest BCUT2D eigenvalue weighted by Gasteiger charge is 2.23. The summed E-state index contributed by atoms with van der Waals surface area (Å²) in [7, 11) is -2.28. The number of sulfonamides is 1. The van der Waals surface area contributed by atoms with Crippen LogP contribution in [0.3, 0.4) is 0 Å². The van der Waals surface area contributed by atoms with Crippen LogP contribution in [0.25, 0.3) is 11.5 Å². The smallest absolute Gasteiger partial charge is 0.285 e. The second kappa shape index (κ2) is 7.00. The normalized spacial score (nSPS) is 11.3. The lowest BCUT2D eigenvalue weighted by Crippen LogP contribution is -2.31. The molecule has 0 radical (unpaired) electrons. The zero-order valence-electron chi connectivity index (χ0n) is 14.0. The Kier molecular flexibility index (Phi) is 4.92. The molecule has 0 aliphatic rings. The highest BCUT2D eigenvalue weighted by atomic mass is 79.9. The molecule has 0 saturated heterocycles. The molecule has 2 aromatic heterocycles. The molecule has 0 saturated carbocycles. The van der Waals surface area contributed by atoms with Crippen molar-refractivity contribution in [3.8, 4) is 11.5 Å². The first-order valence-electron chi connectivity index (χ1n) is 7.56. The van der Waals surface area contributed by atoms with Crippen LogP contribution >= 0.6 is 15.9 Å². The van der Waals surface area contributed by atoms with Gasteiger partial charge in [0.1, 0.15) is 11.4 Å². The Labute approximate surface area is 159 Å². The Morgan fingerprint density at radius 1 is 1.19 bits per heavy atom. The molecule has 0 unspecified atom stereocenters. The molecule has 1 amide bonds. The van der Waals surface area contributed by atoms with E-state index in [0.717, 1.165) is 0 Å². The maximum absolute atomic E-state index is 12.5. The number of pyridine rings is 1. The van der Waals surface area contributed by atoms with Gasteiger partial charge in [0, 0.05) is 23.9 Å². The molecule has 1 N–H and O–H groups in total. The Morgan fingerprint density at radius 3 is 2.62 bits per heavy atom. The lowest BCUT2D eigenvalue weighted by Gasteiger charge is -2.07. The number of nitrogens with one attached hydrogen (secondary N) is 1. The van der Waals surface area contributed by atoms with Gasteiger partial charge in [0.25, 0.3) is 15.9 Å². The van der Waals surface area contributed by atoms with E-state index in [1.54, 1.807) is 55.1 Å². The van der Waals surface area contributed by atoms with Gasteiger partial charge < -0.3 is 4.57 Å². The Hall–Kier alpha value is -2.52. The number of carbonyl (C=O) groups is 1. The summed E-state index contributed by atoms with van der Waals surface area (Å²) in [6, 6.07) is 10.0. The number of hydrogen-bond acceptors (Lipinski definition) is 5. The summed E-state index contributed by atoms with van der Waals surface area (Å²) in [4.78, 5) is 21.0. The van der Waals surface area contributed by atoms with E-state index < -0.39 is 15.9 Å². The van der Waals surface area contributed by atoms with Gasteiger partial charge in [-0.2, -0.15) is 0 Å². The summed E-state index contributed by atoms with van der Waals surface area (Å²) in [5, 5.41) is 0. The maximum atomic E-state index is 12.5. The van der Waals surface area contributed by atoms with Gasteiger partial charge in [0.05, 0.1) is 4.90 Å². The van der Waals surface area contributed by atoms with Gasteiger partial charge in [-0.3, -0.25) is 9.78 Å². The highest BCUT2D eigenvalue weighted by Crippen LogP contribution is 2.24. The van der Waals surface area contributed by atoms with Crippen LogP contribution in [0.5, 0.6) is 0 Å². The summed E-state index contributed by atoms with van der Waals surface area (Å²) in [5.41, 5.74) is 1.08. The maximum Gasteiger partial charge on any atom is 0.285 e. The van der Waals surface area contributed by atoms with Crippen LogP contribution in [0.1, 0.15) is 16.1 Å². The molecule has 7 nitrogen and oxygen atoms in total. The summed E-state index contributed by atoms with van der Waals surface area (Å²) < 4.78 is 29.3. The number of aryl methyl sites for hydroxylation is 2. The van der Waals surface area contributed by atoms with E-state index in [-0.39, 0.29) is 10.6 Å². The molecule has 0 aliphatic carbocycles. The number of aromatic nitrogens is 3. The first-order chi connectivity index (χ1) is 12.3. The Bertz CT molecular complexity index is 1090. The van der Waals surface area contributed by atoms with Crippen molar-refractivity contribution >= 4 is 31.9 Å². The zero-order valence-corrected chi connectivity index (χ0v) is 16.4. The quantitative estimate of drug-likeness (QED) is 0.680. The van der Waals surface area contributed by atoms with Crippen molar-refractivity contribution in [2.24, 2.45) is 7.05 Å². The summed E-state index contributed by atoms with van der Waals surface area (Å²) >= 11 is 3.39. The van der Waals surface area contributed by atoms with Gasteiger partial charge in [-0.1, -0.05) is 18.2 Å².